The molecule has 1 nitrogen and oxygen atoms in total. The summed E-state index contributed by atoms with van der Waals surface area (Å²) < 4.78 is 0. The molecule has 11 heavy (non-hydrogen) atoms. The van der Waals surface area contributed by atoms with Gasteiger partial charge >= 0.3 is 0 Å². The van der Waals surface area contributed by atoms with E-state index < -0.39 is 5.60 Å². The van der Waals surface area contributed by atoms with Crippen molar-refractivity contribution in [2.24, 2.45) is 11.8 Å². The second-order valence-corrected chi connectivity index (χ2v) is 3.78. The molecule has 1 heteroatoms. The van der Waals surface area contributed by atoms with Gasteiger partial charge in [-0.1, -0.05) is 18.2 Å². The van der Waals surface area contributed by atoms with Gasteiger partial charge in [0.1, 0.15) is 0 Å². The van der Waals surface area contributed by atoms with E-state index in [1.54, 1.807) is 6.08 Å². The van der Waals surface area contributed by atoms with Crippen LogP contribution in [0.5, 0.6) is 0 Å². The van der Waals surface area contributed by atoms with Gasteiger partial charge in [0, 0.05) is 5.92 Å². The Labute approximate surface area is 67.4 Å². The molecule has 2 aliphatic rings. The third-order valence-electron chi connectivity index (χ3n) is 3.34. The summed E-state index contributed by atoms with van der Waals surface area (Å²) >= 11 is 0. The van der Waals surface area contributed by atoms with E-state index in [4.69, 9.17) is 0 Å². The van der Waals surface area contributed by atoms with Crippen molar-refractivity contribution in [1.29, 1.82) is 0 Å². The number of fused-ring (bicyclic) bond motifs is 2. The van der Waals surface area contributed by atoms with E-state index in [0.717, 1.165) is 19.3 Å². The fourth-order valence-corrected chi connectivity index (χ4v) is 2.68. The van der Waals surface area contributed by atoms with Gasteiger partial charge in [0.2, 0.25) is 0 Å². The van der Waals surface area contributed by atoms with Crippen LogP contribution in [-0.2, 0) is 0 Å². The van der Waals surface area contributed by atoms with Crippen LogP contribution in [0.4, 0.5) is 0 Å². The maximum absolute atomic E-state index is 10.1. The molecule has 0 amide bonds. The largest absolute Gasteiger partial charge is 0.385 e. The zero-order valence-electron chi connectivity index (χ0n) is 6.71. The van der Waals surface area contributed by atoms with Gasteiger partial charge in [0.25, 0.3) is 0 Å². The molecule has 2 saturated carbocycles. The first-order chi connectivity index (χ1) is 5.18. The van der Waals surface area contributed by atoms with Crippen LogP contribution in [0.25, 0.3) is 0 Å². The molecule has 0 aromatic heterocycles. The lowest BCUT2D eigenvalue weighted by Crippen LogP contribution is -2.31. The Balaban J connectivity index is 2.38. The van der Waals surface area contributed by atoms with Gasteiger partial charge in [-0.3, -0.25) is 0 Å². The summed E-state index contributed by atoms with van der Waals surface area (Å²) in [6, 6.07) is 0. The van der Waals surface area contributed by atoms with Crippen molar-refractivity contribution in [2.45, 2.75) is 24.9 Å². The van der Waals surface area contributed by atoms with Crippen LogP contribution in [0.15, 0.2) is 24.8 Å². The van der Waals surface area contributed by atoms with E-state index >= 15 is 0 Å². The van der Waals surface area contributed by atoms with Crippen LogP contribution in [0, 0.1) is 11.8 Å². The molecule has 0 spiro atoms. The number of rotatable bonds is 1. The third kappa shape index (κ3) is 0.694. The maximum atomic E-state index is 10.1. The predicted octanol–water partition coefficient (Wildman–Crippen LogP) is 1.89. The zero-order chi connectivity index (χ0) is 8.06. The van der Waals surface area contributed by atoms with Gasteiger partial charge in [-0.25, -0.2) is 0 Å². The molecule has 0 saturated heterocycles. The normalized spacial score (nSPS) is 48.3. The van der Waals surface area contributed by atoms with Crippen LogP contribution < -0.4 is 0 Å². The zero-order valence-corrected chi connectivity index (χ0v) is 6.71. The highest BCUT2D eigenvalue weighted by Gasteiger charge is 2.53. The topological polar surface area (TPSA) is 20.2 Å². The maximum Gasteiger partial charge on any atom is 0.0920 e. The summed E-state index contributed by atoms with van der Waals surface area (Å²) in [6.45, 7) is 7.67. The van der Waals surface area contributed by atoms with Crippen molar-refractivity contribution < 1.29 is 5.11 Å². The second-order valence-electron chi connectivity index (χ2n) is 3.78. The Bertz CT molecular complexity index is 219. The van der Waals surface area contributed by atoms with Gasteiger partial charge in [-0.05, 0) is 25.2 Å². The summed E-state index contributed by atoms with van der Waals surface area (Å²) in [5.74, 6) is 0.725. The summed E-state index contributed by atoms with van der Waals surface area (Å²) in [4.78, 5) is 0. The quantitative estimate of drug-likeness (QED) is 0.566. The molecule has 1 N–H and O–H groups in total. The van der Waals surface area contributed by atoms with Crippen molar-refractivity contribution in [2.75, 3.05) is 0 Å². The monoisotopic (exact) mass is 150 g/mol. The van der Waals surface area contributed by atoms with Crippen molar-refractivity contribution in [3.05, 3.63) is 24.8 Å². The summed E-state index contributed by atoms with van der Waals surface area (Å²) in [7, 11) is 0. The highest BCUT2D eigenvalue weighted by molar-refractivity contribution is 5.27. The molecule has 60 valence electrons. The number of hydrogen-bond acceptors (Lipinski definition) is 1. The Morgan fingerprint density at radius 3 is 2.55 bits per heavy atom. The van der Waals surface area contributed by atoms with E-state index in [9.17, 15) is 5.11 Å². The fourth-order valence-electron chi connectivity index (χ4n) is 2.68. The SMILES string of the molecule is C=C[C@]1(O)[C@H]2CC[C@@H]1C(=C)C2. The molecule has 2 aliphatic carbocycles. The molecule has 0 aromatic rings. The standard InChI is InChI=1S/C10H14O/c1-3-10(11)8-4-5-9(10)7(2)6-8/h3,8-9,11H,1-2,4-6H2/t8-,9+,10-/m0/s1. The van der Waals surface area contributed by atoms with Crippen molar-refractivity contribution >= 4 is 0 Å². The van der Waals surface area contributed by atoms with Crippen LogP contribution in [0.1, 0.15) is 19.3 Å². The Morgan fingerprint density at radius 1 is 1.55 bits per heavy atom. The van der Waals surface area contributed by atoms with E-state index in [-0.39, 0.29) is 0 Å². The van der Waals surface area contributed by atoms with Gasteiger partial charge in [-0.15, -0.1) is 6.58 Å². The average molecular weight is 150 g/mol. The van der Waals surface area contributed by atoms with Crippen LogP contribution >= 0.6 is 0 Å². The molecular formula is C10H14O. The smallest absolute Gasteiger partial charge is 0.0920 e. The van der Waals surface area contributed by atoms with Crippen LogP contribution in [0.2, 0.25) is 0 Å². The second kappa shape index (κ2) is 1.98. The molecular weight excluding hydrogens is 136 g/mol. The van der Waals surface area contributed by atoms with Gasteiger partial charge in [0.05, 0.1) is 5.60 Å². The first-order valence-electron chi connectivity index (χ1n) is 4.22. The molecule has 0 aliphatic heterocycles. The lowest BCUT2D eigenvalue weighted by molar-refractivity contribution is 0.0488. The summed E-state index contributed by atoms with van der Waals surface area (Å²) in [6.07, 6.45) is 4.97. The van der Waals surface area contributed by atoms with E-state index in [2.05, 4.69) is 13.2 Å². The first kappa shape index (κ1) is 7.11. The van der Waals surface area contributed by atoms with Crippen molar-refractivity contribution in [3.63, 3.8) is 0 Å². The molecule has 0 radical (unpaired) electrons. The highest BCUT2D eigenvalue weighted by atomic mass is 16.3. The molecule has 0 aromatic carbocycles. The van der Waals surface area contributed by atoms with E-state index in [1.807, 2.05) is 0 Å². The van der Waals surface area contributed by atoms with E-state index in [0.29, 0.717) is 11.8 Å². The highest BCUT2D eigenvalue weighted by Crippen LogP contribution is 2.54. The first-order valence-corrected chi connectivity index (χ1v) is 4.22. The van der Waals surface area contributed by atoms with Crippen molar-refractivity contribution in [1.82, 2.24) is 0 Å². The molecule has 3 atom stereocenters. The summed E-state index contributed by atoms with van der Waals surface area (Å²) in [5.41, 5.74) is 0.625. The Hall–Kier alpha value is -0.560. The number of aliphatic hydroxyl groups is 1. The van der Waals surface area contributed by atoms with Gasteiger partial charge in [-0.2, -0.15) is 0 Å². The lowest BCUT2D eigenvalue weighted by atomic mass is 9.91. The van der Waals surface area contributed by atoms with E-state index in [1.165, 1.54) is 5.57 Å². The minimum absolute atomic E-state index is 0.310. The molecule has 2 rings (SSSR count). The average Bonchev–Trinajstić information content (AvgIpc) is 2.42. The number of hydrogen-bond donors (Lipinski definition) is 1. The fraction of sp³-hybridized carbons (Fsp3) is 0.600. The van der Waals surface area contributed by atoms with Gasteiger partial charge < -0.3 is 5.11 Å². The minimum Gasteiger partial charge on any atom is -0.385 e. The van der Waals surface area contributed by atoms with Crippen molar-refractivity contribution in [3.8, 4) is 0 Å². The Kier molecular flexibility index (Phi) is 1.28. The van der Waals surface area contributed by atoms with Crippen LogP contribution in [-0.4, -0.2) is 10.7 Å². The predicted molar refractivity (Wildman–Crippen MR) is 45.1 cm³/mol. The molecule has 2 fully saturated rings. The molecule has 2 bridgehead atoms. The molecule has 0 unspecified atom stereocenters. The Morgan fingerprint density at radius 2 is 2.27 bits per heavy atom. The summed E-state index contributed by atoms with van der Waals surface area (Å²) in [5, 5.41) is 10.1. The van der Waals surface area contributed by atoms with Gasteiger partial charge in [0.15, 0.2) is 0 Å². The van der Waals surface area contributed by atoms with Crippen LogP contribution in [0.3, 0.4) is 0 Å². The lowest BCUT2D eigenvalue weighted by Gasteiger charge is -2.23. The minimum atomic E-state index is -0.600. The third-order valence-corrected chi connectivity index (χ3v) is 3.34. The molecule has 0 heterocycles.